The maximum atomic E-state index is 12.2. The molecule has 0 saturated carbocycles. The molecule has 1 aliphatic rings. The molecule has 2 heterocycles. The van der Waals surface area contributed by atoms with Crippen LogP contribution in [0.2, 0.25) is 5.02 Å². The Labute approximate surface area is 190 Å². The Morgan fingerprint density at radius 1 is 1.19 bits per heavy atom. The van der Waals surface area contributed by atoms with Crippen molar-refractivity contribution >= 4 is 29.2 Å². The Morgan fingerprint density at radius 3 is 2.56 bits per heavy atom. The Kier molecular flexibility index (Phi) is 5.87. The lowest BCUT2D eigenvalue weighted by Gasteiger charge is -2.15. The Balaban J connectivity index is 1.63. The number of nitrogens with zero attached hydrogens (tertiary/aromatic N) is 3. The van der Waals surface area contributed by atoms with E-state index >= 15 is 0 Å². The van der Waals surface area contributed by atoms with Crippen LogP contribution in [0.5, 0.6) is 11.5 Å². The summed E-state index contributed by atoms with van der Waals surface area (Å²) in [6.07, 6.45) is 1.94. The number of amides is 2. The number of anilines is 1. The summed E-state index contributed by atoms with van der Waals surface area (Å²) in [5.74, 6) is 0.471. The first-order valence-electron chi connectivity index (χ1n) is 10.0. The van der Waals surface area contributed by atoms with Crippen molar-refractivity contribution in [3.8, 4) is 22.8 Å². The third kappa shape index (κ3) is 4.04. The molecule has 9 heteroatoms. The van der Waals surface area contributed by atoms with E-state index in [0.29, 0.717) is 47.3 Å². The van der Waals surface area contributed by atoms with Crippen molar-refractivity contribution in [2.24, 2.45) is 5.73 Å². The van der Waals surface area contributed by atoms with E-state index in [1.165, 1.54) is 6.08 Å². The molecule has 4 N–H and O–H groups in total. The number of hydrogen-bond donors (Lipinski definition) is 2. The predicted molar refractivity (Wildman–Crippen MR) is 123 cm³/mol. The second-order valence-electron chi connectivity index (χ2n) is 7.41. The summed E-state index contributed by atoms with van der Waals surface area (Å²) in [4.78, 5) is 25.8. The van der Waals surface area contributed by atoms with Gasteiger partial charge in [-0.2, -0.15) is 5.10 Å². The molecular formula is C23H22ClN5O3. The lowest BCUT2D eigenvalue weighted by molar-refractivity contribution is -0.125. The van der Waals surface area contributed by atoms with Crippen molar-refractivity contribution in [1.29, 1.82) is 0 Å². The summed E-state index contributed by atoms with van der Waals surface area (Å²) >= 11 is 6.15. The molecule has 1 atom stereocenters. The highest BCUT2D eigenvalue weighted by atomic mass is 35.5. The number of aromatic nitrogens is 2. The molecule has 0 radical (unpaired) electrons. The molecule has 0 aliphatic carbocycles. The number of hydrogen-bond acceptors (Lipinski definition) is 5. The van der Waals surface area contributed by atoms with Gasteiger partial charge in [0, 0.05) is 18.7 Å². The number of halogens is 1. The summed E-state index contributed by atoms with van der Waals surface area (Å²) in [7, 11) is 0. The lowest BCUT2D eigenvalue weighted by atomic mass is 10.1. The first kappa shape index (κ1) is 21.5. The Morgan fingerprint density at radius 2 is 1.91 bits per heavy atom. The highest BCUT2D eigenvalue weighted by molar-refractivity contribution is 6.32. The van der Waals surface area contributed by atoms with Gasteiger partial charge in [-0.1, -0.05) is 30.3 Å². The van der Waals surface area contributed by atoms with Crippen molar-refractivity contribution in [3.63, 3.8) is 0 Å². The molecular weight excluding hydrogens is 430 g/mol. The van der Waals surface area contributed by atoms with Gasteiger partial charge in [-0.05, 0) is 48.9 Å². The standard InChI is InChI=1S/C23H22ClN5O3/c1-2-19(30)28-12-11-15(13-28)29-22(25)20(23(26)31)21(27-29)14-7-9-16(10-8-14)32-18-6-4-3-5-17(18)24/h2-10,15H,1,11-13,25H2,(H2,26,31). The summed E-state index contributed by atoms with van der Waals surface area (Å²) in [5.41, 5.74) is 13.1. The minimum absolute atomic E-state index is 0.150. The first-order valence-corrected chi connectivity index (χ1v) is 10.4. The van der Waals surface area contributed by atoms with Gasteiger partial charge < -0.3 is 21.1 Å². The summed E-state index contributed by atoms with van der Waals surface area (Å²) in [5, 5.41) is 5.10. The van der Waals surface area contributed by atoms with E-state index in [4.69, 9.17) is 27.8 Å². The normalized spacial score (nSPS) is 15.5. The number of para-hydroxylation sites is 1. The summed E-state index contributed by atoms with van der Waals surface area (Å²) in [6.45, 7) is 4.51. The molecule has 0 spiro atoms. The van der Waals surface area contributed by atoms with E-state index in [9.17, 15) is 9.59 Å². The van der Waals surface area contributed by atoms with Gasteiger partial charge in [0.1, 0.15) is 28.6 Å². The number of ether oxygens (including phenoxy) is 1. The van der Waals surface area contributed by atoms with E-state index in [-0.39, 0.29) is 23.3 Å². The fraction of sp³-hybridized carbons (Fsp3) is 0.174. The smallest absolute Gasteiger partial charge is 0.254 e. The monoisotopic (exact) mass is 451 g/mol. The zero-order chi connectivity index (χ0) is 22.8. The number of carbonyl (C=O) groups is 2. The van der Waals surface area contributed by atoms with Gasteiger partial charge in [-0.25, -0.2) is 4.68 Å². The van der Waals surface area contributed by atoms with E-state index in [2.05, 4.69) is 11.7 Å². The molecule has 2 aromatic carbocycles. The van der Waals surface area contributed by atoms with E-state index in [1.54, 1.807) is 46.0 Å². The number of likely N-dealkylation sites (tertiary alicyclic amines) is 1. The van der Waals surface area contributed by atoms with Crippen LogP contribution in [0.3, 0.4) is 0 Å². The van der Waals surface area contributed by atoms with Crippen molar-refractivity contribution in [2.75, 3.05) is 18.8 Å². The van der Waals surface area contributed by atoms with Crippen LogP contribution in [-0.4, -0.2) is 39.6 Å². The molecule has 32 heavy (non-hydrogen) atoms. The number of rotatable bonds is 6. The van der Waals surface area contributed by atoms with Crippen LogP contribution in [-0.2, 0) is 4.79 Å². The van der Waals surface area contributed by atoms with E-state index in [0.717, 1.165) is 0 Å². The Bertz CT molecular complexity index is 1190. The molecule has 2 amide bonds. The van der Waals surface area contributed by atoms with E-state index < -0.39 is 5.91 Å². The van der Waals surface area contributed by atoms with Gasteiger partial charge in [-0.15, -0.1) is 0 Å². The van der Waals surface area contributed by atoms with Crippen molar-refractivity contribution in [2.45, 2.75) is 12.5 Å². The van der Waals surface area contributed by atoms with Crippen LogP contribution in [0.25, 0.3) is 11.3 Å². The van der Waals surface area contributed by atoms with Gasteiger partial charge in [0.25, 0.3) is 5.91 Å². The third-order valence-electron chi connectivity index (χ3n) is 5.38. The zero-order valence-electron chi connectivity index (χ0n) is 17.2. The number of benzene rings is 2. The lowest BCUT2D eigenvalue weighted by Crippen LogP contribution is -2.27. The molecule has 1 saturated heterocycles. The van der Waals surface area contributed by atoms with Crippen molar-refractivity contribution in [3.05, 3.63) is 71.8 Å². The van der Waals surface area contributed by atoms with Gasteiger partial charge in [0.05, 0.1) is 11.1 Å². The van der Waals surface area contributed by atoms with Crippen LogP contribution < -0.4 is 16.2 Å². The van der Waals surface area contributed by atoms with Gasteiger partial charge in [-0.3, -0.25) is 9.59 Å². The average Bonchev–Trinajstić information content (AvgIpc) is 3.40. The fourth-order valence-corrected chi connectivity index (χ4v) is 3.95. The van der Waals surface area contributed by atoms with Gasteiger partial charge in [0.2, 0.25) is 5.91 Å². The third-order valence-corrected chi connectivity index (χ3v) is 5.69. The highest BCUT2D eigenvalue weighted by Gasteiger charge is 2.31. The van der Waals surface area contributed by atoms with E-state index in [1.807, 2.05) is 12.1 Å². The molecule has 3 aromatic rings. The molecule has 1 aromatic heterocycles. The zero-order valence-corrected chi connectivity index (χ0v) is 18.0. The predicted octanol–water partition coefficient (Wildman–Crippen LogP) is 3.64. The van der Waals surface area contributed by atoms with Crippen LogP contribution in [0.15, 0.2) is 61.2 Å². The fourth-order valence-electron chi connectivity index (χ4n) is 3.78. The topological polar surface area (TPSA) is 116 Å². The van der Waals surface area contributed by atoms with Gasteiger partial charge >= 0.3 is 0 Å². The molecule has 4 rings (SSSR count). The van der Waals surface area contributed by atoms with Crippen LogP contribution >= 0.6 is 11.6 Å². The van der Waals surface area contributed by atoms with Crippen molar-refractivity contribution in [1.82, 2.24) is 14.7 Å². The Hall–Kier alpha value is -3.78. The number of primary amides is 1. The summed E-state index contributed by atoms with van der Waals surface area (Å²) < 4.78 is 7.40. The molecule has 1 fully saturated rings. The summed E-state index contributed by atoms with van der Waals surface area (Å²) in [6, 6.07) is 14.0. The van der Waals surface area contributed by atoms with Crippen LogP contribution in [0.4, 0.5) is 5.82 Å². The number of nitrogen functional groups attached to an aromatic ring is 1. The average molecular weight is 452 g/mol. The van der Waals surface area contributed by atoms with Crippen molar-refractivity contribution < 1.29 is 14.3 Å². The quantitative estimate of drug-likeness (QED) is 0.555. The minimum Gasteiger partial charge on any atom is -0.456 e. The second kappa shape index (κ2) is 8.76. The molecule has 1 aliphatic heterocycles. The maximum absolute atomic E-state index is 12.2. The SMILES string of the molecule is C=CC(=O)N1CCC(n2nc(-c3ccc(Oc4ccccc4Cl)cc3)c(C(N)=O)c2N)C1. The first-order chi connectivity index (χ1) is 15.4. The highest BCUT2D eigenvalue weighted by Crippen LogP contribution is 2.34. The van der Waals surface area contributed by atoms with Gasteiger partial charge in [0.15, 0.2) is 0 Å². The van der Waals surface area contributed by atoms with Crippen LogP contribution in [0, 0.1) is 0 Å². The van der Waals surface area contributed by atoms with Crippen LogP contribution in [0.1, 0.15) is 22.8 Å². The second-order valence-corrected chi connectivity index (χ2v) is 7.81. The number of carbonyl (C=O) groups excluding carboxylic acids is 2. The minimum atomic E-state index is -0.669. The molecule has 164 valence electrons. The molecule has 0 bridgehead atoms. The molecule has 1 unspecified atom stereocenters. The molecule has 8 nitrogen and oxygen atoms in total. The maximum Gasteiger partial charge on any atom is 0.254 e. The number of nitrogens with two attached hydrogens (primary N) is 2. The largest absolute Gasteiger partial charge is 0.456 e.